The molecule has 0 bridgehead atoms. The molecule has 3 rings (SSSR count). The number of carbonyl (C=O) groups excluding carboxylic acids is 3. The normalized spacial score (nSPS) is 12.8. The van der Waals surface area contributed by atoms with Crippen molar-refractivity contribution in [3.05, 3.63) is 58.6 Å². The molecule has 0 radical (unpaired) electrons. The number of carbonyl (C=O) groups is 3. The highest BCUT2D eigenvalue weighted by molar-refractivity contribution is 6.33. The molecule has 1 fully saturated rings. The Bertz CT molecular complexity index is 912. The molecule has 3 N–H and O–H groups in total. The van der Waals surface area contributed by atoms with Crippen molar-refractivity contribution in [2.75, 3.05) is 24.3 Å². The fourth-order valence-corrected chi connectivity index (χ4v) is 2.72. The maximum Gasteiger partial charge on any atom is 0.339 e. The van der Waals surface area contributed by atoms with Crippen molar-refractivity contribution >= 4 is 40.8 Å². The van der Waals surface area contributed by atoms with Gasteiger partial charge in [-0.1, -0.05) is 17.7 Å². The SMILES string of the molecule is COC(=O)c1cc(NCC(=O)Nc2cccc(C(=O)NC3CC3)c2)ccc1Cl. The zero-order chi connectivity index (χ0) is 20.1. The van der Waals surface area contributed by atoms with Gasteiger partial charge in [0, 0.05) is 23.0 Å². The second-order valence-corrected chi connectivity index (χ2v) is 6.82. The summed E-state index contributed by atoms with van der Waals surface area (Å²) in [6, 6.07) is 11.8. The Labute approximate surface area is 167 Å². The van der Waals surface area contributed by atoms with Crippen LogP contribution in [-0.2, 0) is 9.53 Å². The van der Waals surface area contributed by atoms with E-state index in [-0.39, 0.29) is 35.0 Å². The molecule has 0 atom stereocenters. The molecule has 2 aromatic carbocycles. The topological polar surface area (TPSA) is 96.5 Å². The lowest BCUT2D eigenvalue weighted by molar-refractivity contribution is -0.114. The highest BCUT2D eigenvalue weighted by atomic mass is 35.5. The van der Waals surface area contributed by atoms with Crippen LogP contribution in [0.2, 0.25) is 5.02 Å². The molecular formula is C20H20ClN3O4. The summed E-state index contributed by atoms with van der Waals surface area (Å²) in [4.78, 5) is 36.0. The summed E-state index contributed by atoms with van der Waals surface area (Å²) in [5.74, 6) is -0.998. The molecule has 2 amide bonds. The summed E-state index contributed by atoms with van der Waals surface area (Å²) >= 11 is 5.97. The lowest BCUT2D eigenvalue weighted by Crippen LogP contribution is -2.26. The molecule has 0 heterocycles. The fourth-order valence-electron chi connectivity index (χ4n) is 2.52. The summed E-state index contributed by atoms with van der Waals surface area (Å²) < 4.78 is 4.67. The van der Waals surface area contributed by atoms with E-state index in [1.807, 2.05) is 0 Å². The van der Waals surface area contributed by atoms with E-state index in [2.05, 4.69) is 20.7 Å². The second kappa shape index (κ2) is 8.75. The van der Waals surface area contributed by atoms with Gasteiger partial charge in [-0.3, -0.25) is 9.59 Å². The third kappa shape index (κ3) is 5.23. The van der Waals surface area contributed by atoms with Gasteiger partial charge in [-0.2, -0.15) is 0 Å². The highest BCUT2D eigenvalue weighted by Gasteiger charge is 2.23. The first kappa shape index (κ1) is 19.7. The number of methoxy groups -OCH3 is 1. The molecule has 28 heavy (non-hydrogen) atoms. The zero-order valence-corrected chi connectivity index (χ0v) is 16.0. The first-order valence-electron chi connectivity index (χ1n) is 8.79. The van der Waals surface area contributed by atoms with Crippen LogP contribution in [0, 0.1) is 0 Å². The quantitative estimate of drug-likeness (QED) is 0.619. The number of nitrogens with one attached hydrogen (secondary N) is 3. The lowest BCUT2D eigenvalue weighted by atomic mass is 10.2. The van der Waals surface area contributed by atoms with Crippen molar-refractivity contribution < 1.29 is 19.1 Å². The summed E-state index contributed by atoms with van der Waals surface area (Å²) in [5, 5.41) is 8.84. The van der Waals surface area contributed by atoms with Crippen molar-refractivity contribution in [3.8, 4) is 0 Å². The molecule has 7 nitrogen and oxygen atoms in total. The fraction of sp³-hybridized carbons (Fsp3) is 0.250. The standard InChI is InChI=1S/C20H20ClN3O4/c1-28-20(27)16-10-14(7-8-17(16)21)22-11-18(25)23-15-4-2-3-12(9-15)19(26)24-13-5-6-13/h2-4,7-10,13,22H,5-6,11H2,1H3,(H,23,25)(H,24,26). The van der Waals surface area contributed by atoms with E-state index in [0.29, 0.717) is 16.9 Å². The number of hydrogen-bond acceptors (Lipinski definition) is 5. The summed E-state index contributed by atoms with van der Waals surface area (Å²) in [6.45, 7) is -0.0270. The predicted molar refractivity (Wildman–Crippen MR) is 107 cm³/mol. The summed E-state index contributed by atoms with van der Waals surface area (Å²) in [6.07, 6.45) is 2.02. The van der Waals surface area contributed by atoms with E-state index >= 15 is 0 Å². The van der Waals surface area contributed by atoms with Gasteiger partial charge in [-0.05, 0) is 49.2 Å². The van der Waals surface area contributed by atoms with Crippen molar-refractivity contribution in [1.82, 2.24) is 5.32 Å². The van der Waals surface area contributed by atoms with Crippen molar-refractivity contribution in [1.29, 1.82) is 0 Å². The molecule has 0 aromatic heterocycles. The van der Waals surface area contributed by atoms with Crippen molar-refractivity contribution in [2.24, 2.45) is 0 Å². The Kier molecular flexibility index (Phi) is 6.16. The Morgan fingerprint density at radius 2 is 1.89 bits per heavy atom. The maximum atomic E-state index is 12.2. The third-order valence-electron chi connectivity index (χ3n) is 4.15. The molecular weight excluding hydrogens is 382 g/mol. The largest absolute Gasteiger partial charge is 0.465 e. The van der Waals surface area contributed by atoms with Crippen LogP contribution in [-0.4, -0.2) is 37.5 Å². The van der Waals surface area contributed by atoms with Gasteiger partial charge in [-0.15, -0.1) is 0 Å². The Balaban J connectivity index is 1.57. The molecule has 1 aliphatic carbocycles. The minimum atomic E-state index is -0.556. The Hall–Kier alpha value is -3.06. The van der Waals surface area contributed by atoms with E-state index in [9.17, 15) is 14.4 Å². The van der Waals surface area contributed by atoms with Gasteiger partial charge in [0.2, 0.25) is 5.91 Å². The molecule has 2 aromatic rings. The Morgan fingerprint density at radius 3 is 2.61 bits per heavy atom. The van der Waals surface area contributed by atoms with Crippen molar-refractivity contribution in [2.45, 2.75) is 18.9 Å². The monoisotopic (exact) mass is 401 g/mol. The predicted octanol–water partition coefficient (Wildman–Crippen LogP) is 3.07. The van der Waals surface area contributed by atoms with Gasteiger partial charge < -0.3 is 20.7 Å². The van der Waals surface area contributed by atoms with Crippen LogP contribution in [0.4, 0.5) is 11.4 Å². The van der Waals surface area contributed by atoms with Gasteiger partial charge >= 0.3 is 5.97 Å². The van der Waals surface area contributed by atoms with E-state index < -0.39 is 5.97 Å². The summed E-state index contributed by atoms with van der Waals surface area (Å²) in [7, 11) is 1.27. The number of rotatable bonds is 7. The van der Waals surface area contributed by atoms with Gasteiger partial charge in [0.15, 0.2) is 0 Å². The molecule has 1 aliphatic rings. The van der Waals surface area contributed by atoms with Crippen LogP contribution in [0.3, 0.4) is 0 Å². The third-order valence-corrected chi connectivity index (χ3v) is 4.48. The van der Waals surface area contributed by atoms with E-state index in [0.717, 1.165) is 12.8 Å². The van der Waals surface area contributed by atoms with Gasteiger partial charge in [-0.25, -0.2) is 4.79 Å². The van der Waals surface area contributed by atoms with Crippen LogP contribution in [0.15, 0.2) is 42.5 Å². The molecule has 8 heteroatoms. The van der Waals surface area contributed by atoms with Crippen LogP contribution < -0.4 is 16.0 Å². The maximum absolute atomic E-state index is 12.2. The molecule has 146 valence electrons. The average Bonchev–Trinajstić information content (AvgIpc) is 3.51. The number of ether oxygens (including phenoxy) is 1. The average molecular weight is 402 g/mol. The van der Waals surface area contributed by atoms with E-state index in [4.69, 9.17) is 11.6 Å². The van der Waals surface area contributed by atoms with E-state index in [1.165, 1.54) is 13.2 Å². The number of halogens is 1. The van der Waals surface area contributed by atoms with Crippen LogP contribution in [0.1, 0.15) is 33.6 Å². The molecule has 0 unspecified atom stereocenters. The molecule has 0 aliphatic heterocycles. The number of amides is 2. The van der Waals surface area contributed by atoms with Gasteiger partial charge in [0.25, 0.3) is 5.91 Å². The Morgan fingerprint density at radius 1 is 1.11 bits per heavy atom. The van der Waals surface area contributed by atoms with Gasteiger partial charge in [0.1, 0.15) is 0 Å². The van der Waals surface area contributed by atoms with Crippen molar-refractivity contribution in [3.63, 3.8) is 0 Å². The zero-order valence-electron chi connectivity index (χ0n) is 15.3. The minimum absolute atomic E-state index is 0.0270. The summed E-state index contributed by atoms with van der Waals surface area (Å²) in [5.41, 5.74) is 1.79. The van der Waals surface area contributed by atoms with E-state index in [1.54, 1.807) is 36.4 Å². The van der Waals surface area contributed by atoms with Gasteiger partial charge in [0.05, 0.1) is 24.2 Å². The number of hydrogen-bond donors (Lipinski definition) is 3. The van der Waals surface area contributed by atoms with Crippen LogP contribution in [0.25, 0.3) is 0 Å². The number of anilines is 2. The number of esters is 1. The van der Waals surface area contributed by atoms with Crippen LogP contribution in [0.5, 0.6) is 0 Å². The number of benzene rings is 2. The molecule has 1 saturated carbocycles. The molecule has 0 saturated heterocycles. The highest BCUT2D eigenvalue weighted by Crippen LogP contribution is 2.22. The second-order valence-electron chi connectivity index (χ2n) is 6.42. The smallest absolute Gasteiger partial charge is 0.339 e. The minimum Gasteiger partial charge on any atom is -0.465 e. The first-order chi connectivity index (χ1) is 13.5. The molecule has 0 spiro atoms. The first-order valence-corrected chi connectivity index (χ1v) is 9.16. The lowest BCUT2D eigenvalue weighted by Gasteiger charge is -2.10. The van der Waals surface area contributed by atoms with Crippen LogP contribution >= 0.6 is 11.6 Å².